The van der Waals surface area contributed by atoms with E-state index in [4.69, 9.17) is 11.6 Å². The number of hydrogen-bond acceptors (Lipinski definition) is 4. The van der Waals surface area contributed by atoms with Crippen LogP contribution in [0.1, 0.15) is 38.5 Å². The average Bonchev–Trinajstić information content (AvgIpc) is 3.37. The Morgan fingerprint density at radius 1 is 1.35 bits per heavy atom. The van der Waals surface area contributed by atoms with Gasteiger partial charge in [0.2, 0.25) is 5.91 Å². The molecule has 0 spiro atoms. The maximum absolute atomic E-state index is 12.9. The first-order valence-electron chi connectivity index (χ1n) is 9.02. The summed E-state index contributed by atoms with van der Waals surface area (Å²) < 4.78 is 1.87. The van der Waals surface area contributed by atoms with Gasteiger partial charge in [0.05, 0.1) is 11.4 Å². The van der Waals surface area contributed by atoms with E-state index < -0.39 is 0 Å². The van der Waals surface area contributed by atoms with Crippen LogP contribution in [0.15, 0.2) is 47.5 Å². The number of rotatable bonds is 6. The second kappa shape index (κ2) is 7.84. The van der Waals surface area contributed by atoms with Crippen molar-refractivity contribution in [3.8, 4) is 5.69 Å². The van der Waals surface area contributed by atoms with E-state index >= 15 is 0 Å². The van der Waals surface area contributed by atoms with E-state index in [0.29, 0.717) is 22.0 Å². The Morgan fingerprint density at radius 2 is 2.23 bits per heavy atom. The van der Waals surface area contributed by atoms with Gasteiger partial charge < -0.3 is 4.90 Å². The molecule has 0 unspecified atom stereocenters. The third kappa shape index (κ3) is 3.96. The van der Waals surface area contributed by atoms with Crippen LogP contribution in [0.25, 0.3) is 5.69 Å². The summed E-state index contributed by atoms with van der Waals surface area (Å²) in [6.07, 6.45) is 10.7. The minimum Gasteiger partial charge on any atom is -0.313 e. The van der Waals surface area contributed by atoms with Crippen molar-refractivity contribution < 1.29 is 4.79 Å². The van der Waals surface area contributed by atoms with Gasteiger partial charge in [0.1, 0.15) is 6.33 Å². The second-order valence-electron chi connectivity index (χ2n) is 6.69. The van der Waals surface area contributed by atoms with Crippen molar-refractivity contribution in [2.45, 2.75) is 49.7 Å². The van der Waals surface area contributed by atoms with Crippen LogP contribution in [0.3, 0.4) is 0 Å². The molecular formula is C19H21ClN4OS. The number of halogens is 1. The maximum atomic E-state index is 12.9. The molecule has 7 heteroatoms. The van der Waals surface area contributed by atoms with Crippen LogP contribution in [0, 0.1) is 0 Å². The summed E-state index contributed by atoms with van der Waals surface area (Å²) in [5.74, 6) is 0.541. The monoisotopic (exact) mass is 388 g/mol. The summed E-state index contributed by atoms with van der Waals surface area (Å²) in [7, 11) is 0. The molecule has 1 aromatic heterocycles. The second-order valence-corrected chi connectivity index (χ2v) is 8.07. The zero-order chi connectivity index (χ0) is 17.9. The lowest BCUT2D eigenvalue weighted by atomic mass is 10.0. The Balaban J connectivity index is 1.46. The topological polar surface area (TPSA) is 51.0 Å². The van der Waals surface area contributed by atoms with Gasteiger partial charge in [0.15, 0.2) is 5.16 Å². The fraction of sp³-hybridized carbons (Fsp3) is 0.421. The third-order valence-electron chi connectivity index (χ3n) is 4.68. The zero-order valence-electron chi connectivity index (χ0n) is 14.5. The number of carbonyl (C=O) groups is 1. The molecule has 2 aromatic rings. The minimum atomic E-state index is 0.172. The lowest BCUT2D eigenvalue weighted by Crippen LogP contribution is -2.34. The Kier molecular flexibility index (Phi) is 5.31. The molecule has 1 amide bonds. The highest BCUT2D eigenvalue weighted by atomic mass is 35.5. The van der Waals surface area contributed by atoms with Gasteiger partial charge in [0, 0.05) is 16.8 Å². The third-order valence-corrected chi connectivity index (χ3v) is 5.85. The lowest BCUT2D eigenvalue weighted by Gasteiger charge is -2.27. The van der Waals surface area contributed by atoms with Crippen molar-refractivity contribution in [2.75, 3.05) is 5.75 Å². The lowest BCUT2D eigenvalue weighted by molar-refractivity contribution is -0.127. The first-order valence-corrected chi connectivity index (χ1v) is 10.4. The summed E-state index contributed by atoms with van der Waals surface area (Å²) in [6, 6.07) is 7.93. The van der Waals surface area contributed by atoms with Crippen molar-refractivity contribution in [3.05, 3.63) is 47.4 Å². The van der Waals surface area contributed by atoms with E-state index in [-0.39, 0.29) is 5.91 Å². The van der Waals surface area contributed by atoms with Gasteiger partial charge in [-0.15, -0.1) is 10.2 Å². The number of benzene rings is 1. The molecule has 1 fully saturated rings. The fourth-order valence-electron chi connectivity index (χ4n) is 3.29. The first kappa shape index (κ1) is 17.6. The standard InChI is InChI=1S/C19H21ClN4OS/c20-14-5-4-8-17(11-14)23-13-21-22-19(23)26-12-18(25)24(16-9-10-16)15-6-2-1-3-7-15/h4-6,8,11,13,16H,1-3,7,9-10,12H2. The van der Waals surface area contributed by atoms with E-state index in [0.717, 1.165) is 31.4 Å². The predicted molar refractivity (Wildman–Crippen MR) is 104 cm³/mol. The van der Waals surface area contributed by atoms with Gasteiger partial charge in [-0.05, 0) is 56.7 Å². The molecule has 26 heavy (non-hydrogen) atoms. The van der Waals surface area contributed by atoms with Crippen LogP contribution >= 0.6 is 23.4 Å². The van der Waals surface area contributed by atoms with Crippen LogP contribution in [0.2, 0.25) is 5.02 Å². The smallest absolute Gasteiger partial charge is 0.237 e. The first-order chi connectivity index (χ1) is 12.7. The number of carbonyl (C=O) groups excluding carboxylic acids is 1. The van der Waals surface area contributed by atoms with E-state index in [9.17, 15) is 4.79 Å². The highest BCUT2D eigenvalue weighted by molar-refractivity contribution is 7.99. The molecule has 0 radical (unpaired) electrons. The molecule has 1 saturated carbocycles. The number of thioether (sulfide) groups is 1. The van der Waals surface area contributed by atoms with Crippen molar-refractivity contribution in [1.82, 2.24) is 19.7 Å². The molecular weight excluding hydrogens is 368 g/mol. The van der Waals surface area contributed by atoms with Crippen LogP contribution in [-0.2, 0) is 4.79 Å². The zero-order valence-corrected chi connectivity index (χ0v) is 16.0. The summed E-state index contributed by atoms with van der Waals surface area (Å²) in [6.45, 7) is 0. The van der Waals surface area contributed by atoms with Crippen LogP contribution < -0.4 is 0 Å². The molecule has 0 bridgehead atoms. The van der Waals surface area contributed by atoms with E-state index in [1.54, 1.807) is 6.33 Å². The van der Waals surface area contributed by atoms with Gasteiger partial charge in [-0.2, -0.15) is 0 Å². The number of allylic oxidation sites excluding steroid dienone is 2. The molecule has 0 aliphatic heterocycles. The van der Waals surface area contributed by atoms with Crippen molar-refractivity contribution in [3.63, 3.8) is 0 Å². The molecule has 2 aliphatic rings. The van der Waals surface area contributed by atoms with Crippen LogP contribution in [0.4, 0.5) is 0 Å². The quantitative estimate of drug-likeness (QED) is 0.685. The Morgan fingerprint density at radius 3 is 2.96 bits per heavy atom. The Labute approximate surface area is 162 Å². The van der Waals surface area contributed by atoms with Gasteiger partial charge >= 0.3 is 0 Å². The largest absolute Gasteiger partial charge is 0.313 e. The fourth-order valence-corrected chi connectivity index (χ4v) is 4.27. The summed E-state index contributed by atoms with van der Waals surface area (Å²) >= 11 is 7.51. The van der Waals surface area contributed by atoms with E-state index in [1.807, 2.05) is 33.7 Å². The average molecular weight is 389 g/mol. The maximum Gasteiger partial charge on any atom is 0.237 e. The molecule has 0 N–H and O–H groups in total. The van der Waals surface area contributed by atoms with Crippen LogP contribution in [0.5, 0.6) is 0 Å². The van der Waals surface area contributed by atoms with Crippen LogP contribution in [-0.4, -0.2) is 37.4 Å². The molecule has 1 aromatic carbocycles. The number of aromatic nitrogens is 3. The molecule has 1 heterocycles. The predicted octanol–water partition coefficient (Wildman–Crippen LogP) is 4.46. The number of hydrogen-bond donors (Lipinski definition) is 0. The summed E-state index contributed by atoms with van der Waals surface area (Å²) in [5, 5.41) is 9.54. The normalized spacial score (nSPS) is 17.0. The molecule has 0 saturated heterocycles. The van der Waals surface area contributed by atoms with Gasteiger partial charge in [-0.1, -0.05) is 35.5 Å². The highest BCUT2D eigenvalue weighted by Gasteiger charge is 2.35. The molecule has 4 rings (SSSR count). The molecule has 0 atom stereocenters. The minimum absolute atomic E-state index is 0.172. The Bertz CT molecular complexity index is 830. The van der Waals surface area contributed by atoms with E-state index in [2.05, 4.69) is 16.3 Å². The van der Waals surface area contributed by atoms with Gasteiger partial charge in [-0.3, -0.25) is 9.36 Å². The molecule has 136 valence electrons. The van der Waals surface area contributed by atoms with E-state index in [1.165, 1.54) is 30.3 Å². The molecule has 5 nitrogen and oxygen atoms in total. The highest BCUT2D eigenvalue weighted by Crippen LogP contribution is 2.34. The SMILES string of the molecule is O=C(CSc1nncn1-c1cccc(Cl)c1)N(C1=CCCCC1)C1CC1. The number of amides is 1. The van der Waals surface area contributed by atoms with Crippen molar-refractivity contribution >= 4 is 29.3 Å². The molecule has 2 aliphatic carbocycles. The summed E-state index contributed by atoms with van der Waals surface area (Å²) in [5.41, 5.74) is 2.12. The summed E-state index contributed by atoms with van der Waals surface area (Å²) in [4.78, 5) is 15.0. The number of nitrogens with zero attached hydrogens (tertiary/aromatic N) is 4. The van der Waals surface area contributed by atoms with Crippen molar-refractivity contribution in [1.29, 1.82) is 0 Å². The van der Waals surface area contributed by atoms with Crippen molar-refractivity contribution in [2.24, 2.45) is 0 Å². The van der Waals surface area contributed by atoms with Gasteiger partial charge in [0.25, 0.3) is 0 Å². The van der Waals surface area contributed by atoms with Gasteiger partial charge in [-0.25, -0.2) is 0 Å². The Hall–Kier alpha value is -1.79.